The normalized spacial score (nSPS) is 21.3. The van der Waals surface area contributed by atoms with Gasteiger partial charge in [-0.1, -0.05) is 30.3 Å². The molecule has 2 fully saturated rings. The Labute approximate surface area is 205 Å². The molecule has 3 aromatic rings. The second kappa shape index (κ2) is 9.74. The van der Waals surface area contributed by atoms with Gasteiger partial charge in [-0.05, 0) is 44.4 Å². The van der Waals surface area contributed by atoms with E-state index in [4.69, 9.17) is 13.9 Å². The highest BCUT2D eigenvalue weighted by molar-refractivity contribution is 6.08. The molecule has 3 heterocycles. The number of fused-ring (bicyclic) bond motifs is 1. The smallest absolute Gasteiger partial charge is 0.290 e. The molecule has 2 saturated heterocycles. The van der Waals surface area contributed by atoms with Crippen molar-refractivity contribution in [2.75, 3.05) is 33.3 Å². The number of carbonyl (C=O) groups excluding carboxylic acids is 2. The first-order chi connectivity index (χ1) is 16.9. The van der Waals surface area contributed by atoms with Crippen LogP contribution in [-0.4, -0.2) is 67.1 Å². The molecule has 2 aliphatic rings. The topological polar surface area (TPSA) is 72.2 Å². The fourth-order valence-corrected chi connectivity index (χ4v) is 5.34. The maximum atomic E-state index is 13.7. The lowest BCUT2D eigenvalue weighted by atomic mass is 9.94. The van der Waals surface area contributed by atoms with E-state index in [1.807, 2.05) is 72.2 Å². The minimum Gasteiger partial charge on any atom is -0.497 e. The number of amides is 2. The number of nitrogens with zero attached hydrogens (tertiary/aromatic N) is 2. The lowest BCUT2D eigenvalue weighted by Crippen LogP contribution is -2.51. The van der Waals surface area contributed by atoms with E-state index in [1.54, 1.807) is 7.11 Å². The Morgan fingerprint density at radius 3 is 2.29 bits per heavy atom. The predicted octanol–water partition coefficient (Wildman–Crippen LogP) is 4.60. The summed E-state index contributed by atoms with van der Waals surface area (Å²) in [6, 6.07) is 15.5. The van der Waals surface area contributed by atoms with E-state index < -0.39 is 0 Å². The van der Waals surface area contributed by atoms with Gasteiger partial charge in [0.15, 0.2) is 0 Å². The molecule has 2 atom stereocenters. The van der Waals surface area contributed by atoms with Crippen LogP contribution in [0.3, 0.4) is 0 Å². The van der Waals surface area contributed by atoms with E-state index in [0.717, 1.165) is 16.5 Å². The van der Waals surface area contributed by atoms with Crippen LogP contribution in [0.2, 0.25) is 0 Å². The molecular formula is C28H32N2O5. The lowest BCUT2D eigenvalue weighted by molar-refractivity contribution is -0.148. The molecule has 0 aliphatic carbocycles. The zero-order chi connectivity index (χ0) is 24.5. The van der Waals surface area contributed by atoms with E-state index in [1.165, 1.54) is 0 Å². The molecule has 0 bridgehead atoms. The van der Waals surface area contributed by atoms with Crippen LogP contribution in [0.1, 0.15) is 37.2 Å². The Hall–Kier alpha value is -3.32. The van der Waals surface area contributed by atoms with Gasteiger partial charge in [0.2, 0.25) is 11.7 Å². The highest BCUT2D eigenvalue weighted by Gasteiger charge is 2.35. The highest BCUT2D eigenvalue weighted by atomic mass is 16.5. The van der Waals surface area contributed by atoms with Crippen molar-refractivity contribution in [3.05, 3.63) is 54.3 Å². The van der Waals surface area contributed by atoms with E-state index in [-0.39, 0.29) is 29.9 Å². The minimum absolute atomic E-state index is 0.0486. The SMILES string of the molecule is COc1ccc2c(-c3ccccc3)c(C(=O)N3CCC(C(=O)N4CC(C)OC(C)C4)CC3)oc2c1. The Balaban J connectivity index is 1.36. The van der Waals surface area contributed by atoms with Gasteiger partial charge in [-0.25, -0.2) is 0 Å². The van der Waals surface area contributed by atoms with Gasteiger partial charge < -0.3 is 23.7 Å². The molecule has 2 aromatic carbocycles. The monoisotopic (exact) mass is 476 g/mol. The first-order valence-corrected chi connectivity index (χ1v) is 12.3. The molecule has 5 rings (SSSR count). The number of hydrogen-bond donors (Lipinski definition) is 0. The van der Waals surface area contributed by atoms with Crippen molar-refractivity contribution >= 4 is 22.8 Å². The summed E-state index contributed by atoms with van der Waals surface area (Å²) >= 11 is 0. The summed E-state index contributed by atoms with van der Waals surface area (Å²) in [4.78, 5) is 30.6. The average molecular weight is 477 g/mol. The van der Waals surface area contributed by atoms with Gasteiger partial charge in [-0.2, -0.15) is 0 Å². The number of methoxy groups -OCH3 is 1. The number of morpholine rings is 1. The zero-order valence-corrected chi connectivity index (χ0v) is 20.5. The number of carbonyl (C=O) groups is 2. The van der Waals surface area contributed by atoms with Gasteiger partial charge in [0, 0.05) is 49.1 Å². The zero-order valence-electron chi connectivity index (χ0n) is 20.5. The summed E-state index contributed by atoms with van der Waals surface area (Å²) in [6.07, 6.45) is 1.40. The van der Waals surface area contributed by atoms with Gasteiger partial charge in [-0.3, -0.25) is 9.59 Å². The summed E-state index contributed by atoms with van der Waals surface area (Å²) in [5.74, 6) is 0.986. The summed E-state index contributed by atoms with van der Waals surface area (Å²) in [5, 5.41) is 0.876. The van der Waals surface area contributed by atoms with E-state index in [9.17, 15) is 9.59 Å². The maximum Gasteiger partial charge on any atom is 0.290 e. The Morgan fingerprint density at radius 1 is 0.943 bits per heavy atom. The highest BCUT2D eigenvalue weighted by Crippen LogP contribution is 2.37. The quantitative estimate of drug-likeness (QED) is 0.551. The van der Waals surface area contributed by atoms with Crippen molar-refractivity contribution in [1.29, 1.82) is 0 Å². The largest absolute Gasteiger partial charge is 0.497 e. The van der Waals surface area contributed by atoms with Crippen LogP contribution in [-0.2, 0) is 9.53 Å². The molecule has 7 nitrogen and oxygen atoms in total. The van der Waals surface area contributed by atoms with Crippen LogP contribution >= 0.6 is 0 Å². The van der Waals surface area contributed by atoms with Gasteiger partial charge in [0.1, 0.15) is 11.3 Å². The summed E-state index contributed by atoms with van der Waals surface area (Å²) in [5.41, 5.74) is 2.34. The van der Waals surface area contributed by atoms with Gasteiger partial charge in [-0.15, -0.1) is 0 Å². The summed E-state index contributed by atoms with van der Waals surface area (Å²) in [7, 11) is 1.61. The molecule has 1 aromatic heterocycles. The number of benzene rings is 2. The van der Waals surface area contributed by atoms with Crippen LogP contribution in [0.4, 0.5) is 0 Å². The maximum absolute atomic E-state index is 13.7. The molecule has 7 heteroatoms. The third-order valence-electron chi connectivity index (χ3n) is 7.02. The fourth-order valence-electron chi connectivity index (χ4n) is 5.34. The Morgan fingerprint density at radius 2 is 1.63 bits per heavy atom. The minimum atomic E-state index is -0.140. The number of ether oxygens (including phenoxy) is 2. The van der Waals surface area contributed by atoms with Gasteiger partial charge >= 0.3 is 0 Å². The number of piperidine rings is 1. The van der Waals surface area contributed by atoms with Crippen LogP contribution < -0.4 is 4.74 Å². The van der Waals surface area contributed by atoms with Crippen molar-refractivity contribution in [1.82, 2.24) is 9.80 Å². The van der Waals surface area contributed by atoms with Crippen molar-refractivity contribution in [2.24, 2.45) is 5.92 Å². The Kier molecular flexibility index (Phi) is 6.52. The molecule has 184 valence electrons. The Bertz CT molecular complexity index is 1200. The number of likely N-dealkylation sites (tertiary alicyclic amines) is 1. The van der Waals surface area contributed by atoms with Gasteiger partial charge in [0.25, 0.3) is 5.91 Å². The number of furan rings is 1. The predicted molar refractivity (Wildman–Crippen MR) is 133 cm³/mol. The third kappa shape index (κ3) is 4.65. The van der Waals surface area contributed by atoms with Crippen LogP contribution in [0.25, 0.3) is 22.1 Å². The fraction of sp³-hybridized carbons (Fsp3) is 0.429. The average Bonchev–Trinajstić information content (AvgIpc) is 3.26. The van der Waals surface area contributed by atoms with E-state index in [0.29, 0.717) is 56.1 Å². The molecule has 2 aliphatic heterocycles. The van der Waals surface area contributed by atoms with Crippen molar-refractivity contribution < 1.29 is 23.5 Å². The first kappa shape index (κ1) is 23.4. The van der Waals surface area contributed by atoms with Crippen molar-refractivity contribution in [2.45, 2.75) is 38.9 Å². The third-order valence-corrected chi connectivity index (χ3v) is 7.02. The lowest BCUT2D eigenvalue weighted by Gasteiger charge is -2.39. The van der Waals surface area contributed by atoms with Crippen LogP contribution in [0, 0.1) is 5.92 Å². The second-order valence-electron chi connectivity index (χ2n) is 9.60. The van der Waals surface area contributed by atoms with Crippen molar-refractivity contribution in [3.63, 3.8) is 0 Å². The standard InChI is InChI=1S/C28H32N2O5/c1-18-16-30(17-19(2)34-18)27(31)21-11-13-29(14-12-21)28(32)26-25(20-7-5-4-6-8-20)23-10-9-22(33-3)15-24(23)35-26/h4-10,15,18-19,21H,11-14,16-17H2,1-3H3. The molecule has 0 spiro atoms. The molecule has 0 radical (unpaired) electrons. The second-order valence-corrected chi connectivity index (χ2v) is 9.60. The molecule has 35 heavy (non-hydrogen) atoms. The van der Waals surface area contributed by atoms with Crippen molar-refractivity contribution in [3.8, 4) is 16.9 Å². The van der Waals surface area contributed by atoms with Crippen LogP contribution in [0.5, 0.6) is 5.75 Å². The molecular weight excluding hydrogens is 444 g/mol. The molecule has 0 saturated carbocycles. The molecule has 0 N–H and O–H groups in total. The molecule has 2 amide bonds. The van der Waals surface area contributed by atoms with E-state index in [2.05, 4.69) is 0 Å². The number of hydrogen-bond acceptors (Lipinski definition) is 5. The van der Waals surface area contributed by atoms with Gasteiger partial charge in [0.05, 0.1) is 19.3 Å². The first-order valence-electron chi connectivity index (χ1n) is 12.3. The summed E-state index contributed by atoms with van der Waals surface area (Å²) in [6.45, 7) is 6.32. The van der Waals surface area contributed by atoms with Crippen LogP contribution in [0.15, 0.2) is 52.9 Å². The molecule has 2 unspecified atom stereocenters. The summed E-state index contributed by atoms with van der Waals surface area (Å²) < 4.78 is 17.3. The number of rotatable bonds is 4. The van der Waals surface area contributed by atoms with E-state index >= 15 is 0 Å².